The first-order chi connectivity index (χ1) is 20.1. The molecule has 1 amide bonds. The van der Waals surface area contributed by atoms with Gasteiger partial charge in [0.15, 0.2) is 11.6 Å². The highest BCUT2D eigenvalue weighted by Crippen LogP contribution is 2.62. The second-order valence-corrected chi connectivity index (χ2v) is 11.6. The summed E-state index contributed by atoms with van der Waals surface area (Å²) in [5.41, 5.74) is 2.37. The third-order valence-electron chi connectivity index (χ3n) is 8.50. The average Bonchev–Trinajstić information content (AvgIpc) is 3.72. The minimum Gasteiger partial charge on any atom is -0.493 e. The number of carbonyl (C=O) groups excluding carboxylic acids is 3. The fraction of sp³-hybridized carbons (Fsp3) is 0.206. The highest BCUT2D eigenvalue weighted by Gasteiger charge is 2.71. The second-order valence-electron chi connectivity index (χ2n) is 10.6. The topological polar surface area (TPSA) is 75.7 Å². The molecule has 0 aliphatic carbocycles. The number of ketones is 2. The van der Waals surface area contributed by atoms with E-state index in [9.17, 15) is 14.4 Å². The Balaban J connectivity index is 1.51. The molecule has 1 fully saturated rings. The Labute approximate surface area is 242 Å². The number of para-hydroxylation sites is 2. The molecule has 0 unspecified atom stereocenters. The van der Waals surface area contributed by atoms with Gasteiger partial charge in [0.1, 0.15) is 17.2 Å². The van der Waals surface area contributed by atoms with Crippen molar-refractivity contribution >= 4 is 40.6 Å². The summed E-state index contributed by atoms with van der Waals surface area (Å²) in [6, 6.07) is 24.8. The predicted octanol–water partition coefficient (Wildman–Crippen LogP) is 6.52. The quantitative estimate of drug-likeness (QED) is 0.261. The van der Waals surface area contributed by atoms with Gasteiger partial charge in [-0.2, -0.15) is 0 Å². The minimum absolute atomic E-state index is 0.211. The van der Waals surface area contributed by atoms with Crippen molar-refractivity contribution < 1.29 is 19.1 Å². The molecule has 4 atom stereocenters. The molecule has 6 nitrogen and oxygen atoms in total. The molecule has 204 valence electrons. The van der Waals surface area contributed by atoms with E-state index in [4.69, 9.17) is 4.74 Å². The first-order valence-electron chi connectivity index (χ1n) is 13.9. The van der Waals surface area contributed by atoms with Crippen LogP contribution in [-0.2, 0) is 10.2 Å². The van der Waals surface area contributed by atoms with Crippen LogP contribution in [0.15, 0.2) is 96.5 Å². The summed E-state index contributed by atoms with van der Waals surface area (Å²) in [5, 5.41) is 4.94. The number of rotatable bonds is 7. The summed E-state index contributed by atoms with van der Waals surface area (Å²) >= 11 is 1.33. The van der Waals surface area contributed by atoms with Crippen molar-refractivity contribution in [3.63, 3.8) is 0 Å². The van der Waals surface area contributed by atoms with E-state index < -0.39 is 23.4 Å². The Bertz CT molecular complexity index is 1710. The van der Waals surface area contributed by atoms with Crippen molar-refractivity contribution in [2.24, 2.45) is 5.92 Å². The number of ether oxygens (including phenoxy) is 1. The third-order valence-corrected chi connectivity index (χ3v) is 9.38. The van der Waals surface area contributed by atoms with Gasteiger partial charge in [-0.25, -0.2) is 0 Å². The minimum atomic E-state index is -1.34. The molecule has 3 aliphatic heterocycles. The summed E-state index contributed by atoms with van der Waals surface area (Å²) in [5.74, 6) is -1.22. The smallest absolute Gasteiger partial charge is 0.238 e. The molecule has 0 saturated carbocycles. The fourth-order valence-corrected chi connectivity index (χ4v) is 7.61. The van der Waals surface area contributed by atoms with Crippen LogP contribution in [0.2, 0.25) is 0 Å². The molecule has 1 saturated heterocycles. The van der Waals surface area contributed by atoms with Crippen LogP contribution in [0.5, 0.6) is 5.75 Å². The number of Topliss-reactive ketones (excluding diaryl/α,β-unsaturated/α-hetero) is 2. The highest BCUT2D eigenvalue weighted by atomic mass is 32.1. The third kappa shape index (κ3) is 3.65. The van der Waals surface area contributed by atoms with Gasteiger partial charge in [-0.05, 0) is 58.8 Å². The number of hydrogen-bond acceptors (Lipinski definition) is 6. The number of fused-ring (bicyclic) bond motifs is 6. The van der Waals surface area contributed by atoms with Gasteiger partial charge in [0.05, 0.1) is 29.0 Å². The molecular weight excluding hydrogens is 532 g/mol. The van der Waals surface area contributed by atoms with Crippen LogP contribution in [-0.4, -0.2) is 35.0 Å². The monoisotopic (exact) mass is 560 g/mol. The number of anilines is 1. The zero-order chi connectivity index (χ0) is 28.1. The van der Waals surface area contributed by atoms with Gasteiger partial charge in [-0.1, -0.05) is 67.6 Å². The van der Waals surface area contributed by atoms with Gasteiger partial charge < -0.3 is 15.0 Å². The Hall–Kier alpha value is -4.49. The van der Waals surface area contributed by atoms with Crippen molar-refractivity contribution in [2.75, 3.05) is 11.9 Å². The maximum absolute atomic E-state index is 14.8. The number of nitrogens with zero attached hydrogens (tertiary/aromatic N) is 1. The summed E-state index contributed by atoms with van der Waals surface area (Å²) < 4.78 is 6.00. The van der Waals surface area contributed by atoms with Crippen molar-refractivity contribution in [1.29, 1.82) is 0 Å². The lowest BCUT2D eigenvalue weighted by molar-refractivity contribution is -0.122. The molecule has 41 heavy (non-hydrogen) atoms. The van der Waals surface area contributed by atoms with Crippen LogP contribution in [0, 0.1) is 5.92 Å². The molecule has 7 heteroatoms. The lowest BCUT2D eigenvalue weighted by Crippen LogP contribution is -2.49. The first-order valence-corrected chi connectivity index (χ1v) is 14.7. The van der Waals surface area contributed by atoms with Crippen molar-refractivity contribution in [3.8, 4) is 5.75 Å². The number of amides is 1. The van der Waals surface area contributed by atoms with Crippen LogP contribution < -0.4 is 10.1 Å². The molecule has 4 aromatic rings. The molecule has 1 N–H and O–H groups in total. The average molecular weight is 561 g/mol. The summed E-state index contributed by atoms with van der Waals surface area (Å²) in [7, 11) is 0. The van der Waals surface area contributed by atoms with Crippen molar-refractivity contribution in [3.05, 3.63) is 124 Å². The van der Waals surface area contributed by atoms with Gasteiger partial charge in [0.25, 0.3) is 0 Å². The Morgan fingerprint density at radius 2 is 1.73 bits per heavy atom. The molecular formula is C34H28N2O4S. The van der Waals surface area contributed by atoms with Crippen LogP contribution in [0.25, 0.3) is 6.08 Å². The Kier molecular flexibility index (Phi) is 6.12. The van der Waals surface area contributed by atoms with E-state index in [0.29, 0.717) is 28.5 Å². The maximum atomic E-state index is 14.8. The van der Waals surface area contributed by atoms with Crippen LogP contribution in [0.4, 0.5) is 5.69 Å². The number of carbonyl (C=O) groups is 3. The first kappa shape index (κ1) is 25.5. The van der Waals surface area contributed by atoms with Gasteiger partial charge in [0, 0.05) is 11.9 Å². The maximum Gasteiger partial charge on any atom is 0.238 e. The van der Waals surface area contributed by atoms with Gasteiger partial charge in [-0.15, -0.1) is 11.3 Å². The molecule has 1 spiro atoms. The summed E-state index contributed by atoms with van der Waals surface area (Å²) in [4.78, 5) is 46.4. The molecule has 0 radical (unpaired) electrons. The molecule has 7 rings (SSSR count). The van der Waals surface area contributed by atoms with E-state index in [-0.39, 0.29) is 17.5 Å². The van der Waals surface area contributed by atoms with Crippen LogP contribution >= 0.6 is 11.3 Å². The standard InChI is InChI=1S/C34H28N2O4S/c1-2-19-40-26-15-8-5-12-23(26)30(37)29-28(31(38)27-16-9-20-41-27)34(24-13-6-7-14-25(24)35-33(34)39)32-22-11-4-3-10-21(22)17-18-36(29)32/h3-18,20,28-29,32H,2,19H2,1H3,(H,35,39)/t28-,29+,32+,34-/m1/s1. The summed E-state index contributed by atoms with van der Waals surface area (Å²) in [6.07, 6.45) is 4.65. The molecule has 1 aromatic heterocycles. The Morgan fingerprint density at radius 3 is 2.56 bits per heavy atom. The fourth-order valence-electron chi connectivity index (χ4n) is 6.91. The lowest BCUT2D eigenvalue weighted by Gasteiger charge is -2.38. The molecule has 0 bridgehead atoms. The van der Waals surface area contributed by atoms with E-state index in [0.717, 1.165) is 23.1 Å². The van der Waals surface area contributed by atoms with Gasteiger partial charge in [-0.3, -0.25) is 14.4 Å². The van der Waals surface area contributed by atoms with E-state index in [2.05, 4.69) is 5.32 Å². The zero-order valence-corrected chi connectivity index (χ0v) is 23.3. The predicted molar refractivity (Wildman–Crippen MR) is 159 cm³/mol. The van der Waals surface area contributed by atoms with E-state index in [1.54, 1.807) is 18.2 Å². The largest absolute Gasteiger partial charge is 0.493 e. The SMILES string of the molecule is CCCOc1ccccc1C(=O)[C@@H]1[C@H](C(=O)c2cccs2)[C@@]2(C(=O)Nc3ccccc32)[C@@H]2c3ccccc3C=CN12. The zero-order valence-electron chi connectivity index (χ0n) is 22.4. The van der Waals surface area contributed by atoms with Gasteiger partial charge >= 0.3 is 0 Å². The molecule has 3 aromatic carbocycles. The van der Waals surface area contributed by atoms with Crippen LogP contribution in [0.3, 0.4) is 0 Å². The van der Waals surface area contributed by atoms with E-state index in [1.807, 2.05) is 96.2 Å². The van der Waals surface area contributed by atoms with Crippen molar-refractivity contribution in [1.82, 2.24) is 4.90 Å². The number of nitrogens with one attached hydrogen (secondary N) is 1. The lowest BCUT2D eigenvalue weighted by atomic mass is 9.63. The second kappa shape index (κ2) is 9.85. The van der Waals surface area contributed by atoms with Gasteiger partial charge in [0.2, 0.25) is 5.91 Å². The van der Waals surface area contributed by atoms with E-state index in [1.165, 1.54) is 11.3 Å². The number of benzene rings is 3. The molecule has 4 heterocycles. The van der Waals surface area contributed by atoms with Crippen molar-refractivity contribution in [2.45, 2.75) is 30.8 Å². The van der Waals surface area contributed by atoms with Crippen LogP contribution in [0.1, 0.15) is 56.1 Å². The highest BCUT2D eigenvalue weighted by molar-refractivity contribution is 7.12. The van der Waals surface area contributed by atoms with E-state index >= 15 is 0 Å². The Morgan fingerprint density at radius 1 is 0.951 bits per heavy atom. The number of thiophene rings is 1. The normalized spacial score (nSPS) is 23.6. The summed E-state index contributed by atoms with van der Waals surface area (Å²) in [6.45, 7) is 2.48. The number of hydrogen-bond donors (Lipinski definition) is 1. The molecule has 3 aliphatic rings.